The van der Waals surface area contributed by atoms with Crippen LogP contribution in [0, 0.1) is 0 Å². The summed E-state index contributed by atoms with van der Waals surface area (Å²) in [5.41, 5.74) is 0.129. The highest BCUT2D eigenvalue weighted by atomic mass is 32.1. The smallest absolute Gasteiger partial charge is 0.337 e. The molecule has 0 fully saturated rings. The molecule has 1 aromatic heterocycles. The van der Waals surface area contributed by atoms with Crippen LogP contribution in [0.15, 0.2) is 29.7 Å². The number of rotatable bonds is 5. The predicted octanol–water partition coefficient (Wildman–Crippen LogP) is 2.47. The van der Waals surface area contributed by atoms with Crippen LogP contribution in [0.3, 0.4) is 0 Å². The van der Waals surface area contributed by atoms with Crippen LogP contribution in [0.4, 0.5) is 0 Å². The lowest BCUT2D eigenvalue weighted by Crippen LogP contribution is -2.17. The summed E-state index contributed by atoms with van der Waals surface area (Å²) in [7, 11) is 0. The van der Waals surface area contributed by atoms with Crippen molar-refractivity contribution in [3.63, 3.8) is 0 Å². The van der Waals surface area contributed by atoms with Crippen molar-refractivity contribution < 1.29 is 19.1 Å². The zero-order chi connectivity index (χ0) is 12.8. The normalized spacial score (nSPS) is 11.6. The van der Waals surface area contributed by atoms with Crippen LogP contribution < -0.4 is 0 Å². The highest BCUT2D eigenvalue weighted by molar-refractivity contribution is 7.10. The van der Waals surface area contributed by atoms with Crippen molar-refractivity contribution >= 4 is 23.3 Å². The van der Waals surface area contributed by atoms with E-state index in [4.69, 9.17) is 9.47 Å². The Hall–Kier alpha value is -1.62. The van der Waals surface area contributed by atoms with Gasteiger partial charge in [0.1, 0.15) is 0 Å². The molecule has 0 aliphatic heterocycles. The molecule has 0 aliphatic carbocycles. The van der Waals surface area contributed by atoms with Gasteiger partial charge in [0.25, 0.3) is 0 Å². The van der Waals surface area contributed by atoms with Crippen molar-refractivity contribution in [2.45, 2.75) is 20.0 Å². The summed E-state index contributed by atoms with van der Waals surface area (Å²) in [6.07, 6.45) is -0.758. The van der Waals surface area contributed by atoms with Gasteiger partial charge in [-0.1, -0.05) is 12.6 Å². The standard InChI is InChI=1S/C12H14O4S/c1-4-15-12(14)8(2)11(16-9(3)13)10-6-5-7-17-10/h5-7,11H,2,4H2,1,3H3. The Morgan fingerprint density at radius 3 is 2.71 bits per heavy atom. The van der Waals surface area contributed by atoms with E-state index in [1.807, 2.05) is 11.4 Å². The molecule has 0 aromatic carbocycles. The van der Waals surface area contributed by atoms with Crippen molar-refractivity contribution in [3.8, 4) is 0 Å². The van der Waals surface area contributed by atoms with Crippen LogP contribution in [0.5, 0.6) is 0 Å². The molecule has 1 rings (SSSR count). The third-order valence-corrected chi connectivity index (χ3v) is 2.86. The lowest BCUT2D eigenvalue weighted by molar-refractivity contribution is -0.147. The van der Waals surface area contributed by atoms with Gasteiger partial charge in [0, 0.05) is 11.8 Å². The van der Waals surface area contributed by atoms with E-state index in [1.54, 1.807) is 13.0 Å². The Balaban J connectivity index is 2.87. The van der Waals surface area contributed by atoms with Crippen LogP contribution >= 0.6 is 11.3 Å². The monoisotopic (exact) mass is 254 g/mol. The van der Waals surface area contributed by atoms with Gasteiger partial charge in [-0.25, -0.2) is 4.79 Å². The third-order valence-electron chi connectivity index (χ3n) is 1.94. The first-order chi connectivity index (χ1) is 8.06. The first-order valence-corrected chi connectivity index (χ1v) is 6.00. The Bertz CT molecular complexity index is 408. The lowest BCUT2D eigenvalue weighted by atomic mass is 10.1. The molecule has 92 valence electrons. The average Bonchev–Trinajstić information content (AvgIpc) is 2.78. The number of thiophene rings is 1. The lowest BCUT2D eigenvalue weighted by Gasteiger charge is -2.16. The number of hydrogen-bond donors (Lipinski definition) is 0. The second kappa shape index (κ2) is 6.20. The van der Waals surface area contributed by atoms with Gasteiger partial charge in [0.05, 0.1) is 12.2 Å². The molecule has 4 nitrogen and oxygen atoms in total. The Labute approximate surface area is 104 Å². The molecule has 0 spiro atoms. The molecule has 1 heterocycles. The van der Waals surface area contributed by atoms with Gasteiger partial charge in [0.2, 0.25) is 0 Å². The number of esters is 2. The summed E-state index contributed by atoms with van der Waals surface area (Å²) < 4.78 is 9.93. The molecule has 17 heavy (non-hydrogen) atoms. The topological polar surface area (TPSA) is 52.6 Å². The molecule has 0 amide bonds. The fraction of sp³-hybridized carbons (Fsp3) is 0.333. The average molecular weight is 254 g/mol. The summed E-state index contributed by atoms with van der Waals surface area (Å²) in [5.74, 6) is -1.01. The van der Waals surface area contributed by atoms with E-state index in [-0.39, 0.29) is 12.2 Å². The molecular formula is C12H14O4S. The van der Waals surface area contributed by atoms with Crippen molar-refractivity contribution in [3.05, 3.63) is 34.5 Å². The van der Waals surface area contributed by atoms with Gasteiger partial charge in [-0.2, -0.15) is 0 Å². The molecule has 0 aliphatic rings. The second-order valence-electron chi connectivity index (χ2n) is 3.25. The van der Waals surface area contributed by atoms with E-state index in [0.29, 0.717) is 0 Å². The van der Waals surface area contributed by atoms with Gasteiger partial charge in [-0.05, 0) is 18.4 Å². The maximum Gasteiger partial charge on any atom is 0.337 e. The fourth-order valence-corrected chi connectivity index (χ4v) is 2.02. The van der Waals surface area contributed by atoms with Crippen molar-refractivity contribution in [1.29, 1.82) is 0 Å². The number of carbonyl (C=O) groups excluding carboxylic acids is 2. The summed E-state index contributed by atoms with van der Waals surface area (Å²) in [6, 6.07) is 3.59. The highest BCUT2D eigenvalue weighted by Crippen LogP contribution is 2.29. The van der Waals surface area contributed by atoms with E-state index < -0.39 is 18.0 Å². The van der Waals surface area contributed by atoms with E-state index >= 15 is 0 Å². The van der Waals surface area contributed by atoms with Crippen LogP contribution in [-0.4, -0.2) is 18.5 Å². The minimum atomic E-state index is -0.758. The van der Waals surface area contributed by atoms with E-state index in [9.17, 15) is 9.59 Å². The van der Waals surface area contributed by atoms with Gasteiger partial charge in [-0.3, -0.25) is 4.79 Å². The summed E-state index contributed by atoms with van der Waals surface area (Å²) >= 11 is 1.39. The molecule has 0 saturated carbocycles. The maximum atomic E-state index is 11.6. The molecule has 0 bridgehead atoms. The van der Waals surface area contributed by atoms with Gasteiger partial charge in [-0.15, -0.1) is 11.3 Å². The first kappa shape index (κ1) is 13.4. The van der Waals surface area contributed by atoms with Crippen LogP contribution in [-0.2, 0) is 19.1 Å². The summed E-state index contributed by atoms with van der Waals surface area (Å²) in [5, 5.41) is 1.84. The van der Waals surface area contributed by atoms with Gasteiger partial charge >= 0.3 is 11.9 Å². The second-order valence-corrected chi connectivity index (χ2v) is 4.23. The summed E-state index contributed by atoms with van der Waals surface area (Å²) in [4.78, 5) is 23.3. The zero-order valence-electron chi connectivity index (χ0n) is 9.76. The molecule has 0 radical (unpaired) electrons. The third kappa shape index (κ3) is 3.71. The summed E-state index contributed by atoms with van der Waals surface area (Å²) in [6.45, 7) is 6.89. The SMILES string of the molecule is C=C(C(=O)OCC)C(OC(C)=O)c1cccs1. The Morgan fingerprint density at radius 1 is 1.53 bits per heavy atom. The van der Waals surface area contributed by atoms with Gasteiger partial charge < -0.3 is 9.47 Å². The molecular weight excluding hydrogens is 240 g/mol. The first-order valence-electron chi connectivity index (χ1n) is 5.12. The molecule has 1 atom stereocenters. The van der Waals surface area contributed by atoms with E-state index in [2.05, 4.69) is 6.58 Å². The van der Waals surface area contributed by atoms with Crippen LogP contribution in [0.25, 0.3) is 0 Å². The minimum absolute atomic E-state index is 0.129. The molecule has 5 heteroatoms. The molecule has 1 unspecified atom stereocenters. The van der Waals surface area contributed by atoms with E-state index in [0.717, 1.165) is 4.88 Å². The van der Waals surface area contributed by atoms with Crippen molar-refractivity contribution in [1.82, 2.24) is 0 Å². The Kier molecular flexibility index (Phi) is 4.90. The minimum Gasteiger partial charge on any atom is -0.463 e. The molecule has 0 saturated heterocycles. The zero-order valence-corrected chi connectivity index (χ0v) is 10.6. The van der Waals surface area contributed by atoms with Crippen molar-refractivity contribution in [2.75, 3.05) is 6.61 Å². The molecule has 1 aromatic rings. The van der Waals surface area contributed by atoms with E-state index in [1.165, 1.54) is 18.3 Å². The number of ether oxygens (including phenoxy) is 2. The fourth-order valence-electron chi connectivity index (χ4n) is 1.24. The van der Waals surface area contributed by atoms with Crippen LogP contribution in [0.2, 0.25) is 0 Å². The Morgan fingerprint density at radius 2 is 2.24 bits per heavy atom. The number of hydrogen-bond acceptors (Lipinski definition) is 5. The van der Waals surface area contributed by atoms with Gasteiger partial charge in [0.15, 0.2) is 6.10 Å². The maximum absolute atomic E-state index is 11.6. The predicted molar refractivity (Wildman–Crippen MR) is 64.6 cm³/mol. The highest BCUT2D eigenvalue weighted by Gasteiger charge is 2.25. The van der Waals surface area contributed by atoms with Crippen LogP contribution in [0.1, 0.15) is 24.8 Å². The quantitative estimate of drug-likeness (QED) is 0.598. The number of carbonyl (C=O) groups is 2. The van der Waals surface area contributed by atoms with Crippen molar-refractivity contribution in [2.24, 2.45) is 0 Å². The largest absolute Gasteiger partial charge is 0.463 e. The molecule has 0 N–H and O–H groups in total.